The smallest absolute Gasteiger partial charge is 0.338 e. The Bertz CT molecular complexity index is 1030. The minimum Gasteiger partial charge on any atom is -0.478 e. The second-order valence-electron chi connectivity index (χ2n) is 4.69. The molecule has 114 valence electrons. The van der Waals surface area contributed by atoms with Crippen molar-refractivity contribution in [3.05, 3.63) is 40.1 Å². The molecule has 0 aliphatic carbocycles. The van der Waals surface area contributed by atoms with Crippen LogP contribution in [-0.2, 0) is 0 Å². The number of aromatic carboxylic acids is 1. The monoisotopic (exact) mass is 348 g/mol. The number of aromatic nitrogens is 6. The van der Waals surface area contributed by atoms with Crippen molar-refractivity contribution >= 4 is 51.5 Å². The van der Waals surface area contributed by atoms with Gasteiger partial charge < -0.3 is 10.1 Å². The van der Waals surface area contributed by atoms with Crippen molar-refractivity contribution in [3.63, 3.8) is 0 Å². The van der Waals surface area contributed by atoms with Crippen molar-refractivity contribution in [2.75, 3.05) is 0 Å². The summed E-state index contributed by atoms with van der Waals surface area (Å²) in [6, 6.07) is 3.22. The summed E-state index contributed by atoms with van der Waals surface area (Å²) >= 11 is 12.0. The van der Waals surface area contributed by atoms with Gasteiger partial charge in [0.15, 0.2) is 11.3 Å². The molecule has 0 spiro atoms. The summed E-state index contributed by atoms with van der Waals surface area (Å²) in [4.78, 5) is 26.9. The topological polar surface area (TPSA) is 110 Å². The molecule has 8 nitrogen and oxygen atoms in total. The quantitative estimate of drug-likeness (QED) is 0.576. The Morgan fingerprint density at radius 2 is 1.83 bits per heavy atom. The number of fused-ring (bicyclic) bond motifs is 2. The van der Waals surface area contributed by atoms with Gasteiger partial charge in [0.25, 0.3) is 0 Å². The van der Waals surface area contributed by atoms with Gasteiger partial charge in [0.1, 0.15) is 0 Å². The first-order valence-electron chi connectivity index (χ1n) is 6.32. The van der Waals surface area contributed by atoms with Gasteiger partial charge >= 0.3 is 5.97 Å². The van der Waals surface area contributed by atoms with Crippen LogP contribution in [0.4, 0.5) is 0 Å². The first-order chi connectivity index (χ1) is 11.0. The van der Waals surface area contributed by atoms with Crippen LogP contribution in [0.25, 0.3) is 28.3 Å². The van der Waals surface area contributed by atoms with Crippen LogP contribution in [0, 0.1) is 0 Å². The van der Waals surface area contributed by atoms with Crippen LogP contribution in [0.1, 0.15) is 10.4 Å². The molecule has 3 aromatic heterocycles. The Morgan fingerprint density at radius 3 is 2.48 bits per heavy atom. The molecule has 23 heavy (non-hydrogen) atoms. The van der Waals surface area contributed by atoms with E-state index in [1.54, 1.807) is 12.1 Å². The van der Waals surface area contributed by atoms with E-state index in [0.717, 1.165) is 0 Å². The molecule has 0 radical (unpaired) electrons. The molecule has 0 aliphatic rings. The lowest BCUT2D eigenvalue weighted by atomic mass is 10.3. The first-order valence-corrected chi connectivity index (χ1v) is 7.08. The minimum atomic E-state index is -1.07. The molecule has 0 unspecified atom stereocenters. The van der Waals surface area contributed by atoms with Crippen LogP contribution in [0.5, 0.6) is 0 Å². The summed E-state index contributed by atoms with van der Waals surface area (Å²) in [7, 11) is 0. The van der Waals surface area contributed by atoms with E-state index in [1.165, 1.54) is 17.1 Å². The van der Waals surface area contributed by atoms with Gasteiger partial charge in [-0.2, -0.15) is 10.1 Å². The van der Waals surface area contributed by atoms with E-state index >= 15 is 0 Å². The highest BCUT2D eigenvalue weighted by Gasteiger charge is 2.13. The van der Waals surface area contributed by atoms with E-state index in [-0.39, 0.29) is 5.56 Å². The summed E-state index contributed by atoms with van der Waals surface area (Å²) in [5, 5.41) is 13.6. The van der Waals surface area contributed by atoms with Crippen molar-refractivity contribution in [3.8, 4) is 5.95 Å². The van der Waals surface area contributed by atoms with Gasteiger partial charge in [-0.25, -0.2) is 19.4 Å². The SMILES string of the molecule is O=C(O)c1cnn(-c2nc3nc4cc(Cl)c(Cl)cc4nc3[nH]2)c1. The van der Waals surface area contributed by atoms with Gasteiger partial charge in [0.2, 0.25) is 5.95 Å². The summed E-state index contributed by atoms with van der Waals surface area (Å²) < 4.78 is 1.30. The number of aromatic amines is 1. The number of carboxylic acids is 1. The molecule has 0 aliphatic heterocycles. The van der Waals surface area contributed by atoms with E-state index in [9.17, 15) is 4.79 Å². The molecule has 0 saturated heterocycles. The highest BCUT2D eigenvalue weighted by molar-refractivity contribution is 6.42. The predicted octanol–water partition coefficient (Wildman–Crippen LogP) is 2.70. The number of hydrogen-bond acceptors (Lipinski definition) is 5. The summed E-state index contributed by atoms with van der Waals surface area (Å²) in [5.41, 5.74) is 1.96. The lowest BCUT2D eigenvalue weighted by Gasteiger charge is -1.99. The van der Waals surface area contributed by atoms with Gasteiger partial charge in [-0.1, -0.05) is 23.2 Å². The van der Waals surface area contributed by atoms with Crippen LogP contribution in [0.15, 0.2) is 24.5 Å². The normalized spacial score (nSPS) is 11.4. The lowest BCUT2D eigenvalue weighted by Crippen LogP contribution is -1.97. The molecule has 2 N–H and O–H groups in total. The molecule has 1 aromatic carbocycles. The lowest BCUT2D eigenvalue weighted by molar-refractivity contribution is 0.0697. The average molecular weight is 349 g/mol. The zero-order chi connectivity index (χ0) is 16.1. The standard InChI is InChI=1S/C13H6Cl2N6O2/c14-6-1-8-9(2-7(6)15)18-11-10(17-8)19-13(20-11)21-4-5(3-16-21)12(22)23/h1-4H,(H,22,23)(H,17,18,19,20). The van der Waals surface area contributed by atoms with Crippen molar-refractivity contribution in [1.82, 2.24) is 29.7 Å². The molecule has 0 fully saturated rings. The Labute approximate surface area is 137 Å². The van der Waals surface area contributed by atoms with Crippen molar-refractivity contribution in [2.24, 2.45) is 0 Å². The fourth-order valence-corrected chi connectivity index (χ4v) is 2.41. The fraction of sp³-hybridized carbons (Fsp3) is 0. The molecule has 0 amide bonds. The second kappa shape index (κ2) is 4.90. The van der Waals surface area contributed by atoms with Gasteiger partial charge in [0, 0.05) is 6.20 Å². The van der Waals surface area contributed by atoms with Gasteiger partial charge in [-0.3, -0.25) is 0 Å². The minimum absolute atomic E-state index is 0.0510. The van der Waals surface area contributed by atoms with E-state index in [0.29, 0.717) is 38.3 Å². The van der Waals surface area contributed by atoms with Crippen molar-refractivity contribution in [2.45, 2.75) is 0 Å². The third-order valence-electron chi connectivity index (χ3n) is 3.18. The number of halogens is 2. The zero-order valence-corrected chi connectivity index (χ0v) is 12.7. The largest absolute Gasteiger partial charge is 0.478 e. The third kappa shape index (κ3) is 2.28. The maximum absolute atomic E-state index is 10.9. The van der Waals surface area contributed by atoms with E-state index < -0.39 is 5.97 Å². The Morgan fingerprint density at radius 1 is 1.13 bits per heavy atom. The van der Waals surface area contributed by atoms with Crippen molar-refractivity contribution in [1.29, 1.82) is 0 Å². The second-order valence-corrected chi connectivity index (χ2v) is 5.50. The Kier molecular flexibility index (Phi) is 2.97. The molecule has 0 bridgehead atoms. The predicted molar refractivity (Wildman–Crippen MR) is 83.3 cm³/mol. The molecule has 0 saturated carbocycles. The Balaban J connectivity index is 1.89. The summed E-state index contributed by atoms with van der Waals surface area (Å²) in [6.07, 6.45) is 2.57. The number of carbonyl (C=O) groups is 1. The molecule has 10 heteroatoms. The first kappa shape index (κ1) is 13.9. The number of benzene rings is 1. The van der Waals surface area contributed by atoms with E-state index in [1.807, 2.05) is 0 Å². The van der Waals surface area contributed by atoms with Crippen LogP contribution in [-0.4, -0.2) is 40.8 Å². The molecule has 0 atom stereocenters. The number of nitrogens with one attached hydrogen (secondary N) is 1. The van der Waals surface area contributed by atoms with E-state index in [4.69, 9.17) is 28.3 Å². The number of rotatable bonds is 2. The fourth-order valence-electron chi connectivity index (χ4n) is 2.10. The average Bonchev–Trinajstić information content (AvgIpc) is 3.12. The van der Waals surface area contributed by atoms with Crippen LogP contribution < -0.4 is 0 Å². The van der Waals surface area contributed by atoms with Gasteiger partial charge in [0.05, 0.1) is 32.8 Å². The number of hydrogen-bond donors (Lipinski definition) is 2. The highest BCUT2D eigenvalue weighted by atomic mass is 35.5. The zero-order valence-electron chi connectivity index (χ0n) is 11.2. The van der Waals surface area contributed by atoms with Crippen LogP contribution in [0.2, 0.25) is 10.0 Å². The molecule has 4 aromatic rings. The number of nitrogens with zero attached hydrogens (tertiary/aromatic N) is 5. The molecular weight excluding hydrogens is 343 g/mol. The maximum atomic E-state index is 10.9. The highest BCUT2D eigenvalue weighted by Crippen LogP contribution is 2.27. The molecule has 3 heterocycles. The molecule has 4 rings (SSSR count). The number of H-pyrrole nitrogens is 1. The number of imidazole rings is 1. The molecular formula is C13H6Cl2N6O2. The van der Waals surface area contributed by atoms with Crippen LogP contribution >= 0.6 is 23.2 Å². The van der Waals surface area contributed by atoms with Crippen LogP contribution in [0.3, 0.4) is 0 Å². The third-order valence-corrected chi connectivity index (χ3v) is 3.90. The summed E-state index contributed by atoms with van der Waals surface area (Å²) in [5.74, 6) is -0.765. The number of carboxylic acid groups (broad SMARTS) is 1. The van der Waals surface area contributed by atoms with Gasteiger partial charge in [-0.15, -0.1) is 0 Å². The van der Waals surface area contributed by atoms with E-state index in [2.05, 4.69) is 25.0 Å². The van der Waals surface area contributed by atoms with Crippen molar-refractivity contribution < 1.29 is 9.90 Å². The summed E-state index contributed by atoms with van der Waals surface area (Å²) in [6.45, 7) is 0. The van der Waals surface area contributed by atoms with Gasteiger partial charge in [-0.05, 0) is 12.1 Å². The maximum Gasteiger partial charge on any atom is 0.338 e. The Hall–Kier alpha value is -2.71.